The van der Waals surface area contributed by atoms with Crippen LogP contribution in [0.15, 0.2) is 30.3 Å². The number of ether oxygens (including phenoxy) is 1. The summed E-state index contributed by atoms with van der Waals surface area (Å²) >= 11 is 0. The van der Waals surface area contributed by atoms with Crippen LogP contribution >= 0.6 is 0 Å². The van der Waals surface area contributed by atoms with Crippen molar-refractivity contribution < 1.29 is 14.3 Å². The van der Waals surface area contributed by atoms with E-state index in [4.69, 9.17) is 10.00 Å². The number of piperazine rings is 1. The van der Waals surface area contributed by atoms with Gasteiger partial charge in [-0.3, -0.25) is 9.59 Å². The van der Waals surface area contributed by atoms with Crippen LogP contribution in [-0.2, 0) is 9.59 Å². The predicted molar refractivity (Wildman–Crippen MR) is 85.4 cm³/mol. The number of amides is 2. The zero-order valence-electron chi connectivity index (χ0n) is 13.1. The van der Waals surface area contributed by atoms with Crippen molar-refractivity contribution in [3.05, 3.63) is 35.9 Å². The van der Waals surface area contributed by atoms with Gasteiger partial charge in [-0.15, -0.1) is 0 Å². The number of carbonyl (C=O) groups is 2. The molecule has 0 saturated carbocycles. The second kappa shape index (κ2) is 7.99. The topological polar surface area (TPSA) is 73.6 Å². The number of nitrogens with zero attached hydrogens (tertiary/aromatic N) is 3. The number of rotatable bonds is 4. The minimum Gasteiger partial charge on any atom is -0.496 e. The van der Waals surface area contributed by atoms with E-state index < -0.39 is 0 Å². The van der Waals surface area contributed by atoms with Crippen LogP contribution in [0.3, 0.4) is 0 Å². The first-order valence-corrected chi connectivity index (χ1v) is 7.40. The van der Waals surface area contributed by atoms with E-state index in [1.807, 2.05) is 30.3 Å². The first-order valence-electron chi connectivity index (χ1n) is 7.40. The molecule has 6 nitrogen and oxygen atoms in total. The Labute approximate surface area is 135 Å². The Kier molecular flexibility index (Phi) is 5.75. The van der Waals surface area contributed by atoms with E-state index in [0.717, 1.165) is 5.56 Å². The highest BCUT2D eigenvalue weighted by molar-refractivity contribution is 5.92. The van der Waals surface area contributed by atoms with Crippen LogP contribution in [0.1, 0.15) is 12.0 Å². The molecule has 1 aromatic rings. The summed E-state index contributed by atoms with van der Waals surface area (Å²) in [5.41, 5.74) is 0.839. The molecule has 0 atom stereocenters. The van der Waals surface area contributed by atoms with E-state index in [1.165, 1.54) is 6.08 Å². The van der Waals surface area contributed by atoms with Crippen molar-refractivity contribution in [1.29, 1.82) is 5.26 Å². The monoisotopic (exact) mass is 313 g/mol. The summed E-state index contributed by atoms with van der Waals surface area (Å²) in [6.07, 6.45) is 3.14. The Morgan fingerprint density at radius 1 is 1.22 bits per heavy atom. The van der Waals surface area contributed by atoms with Crippen LogP contribution in [0.2, 0.25) is 0 Å². The number of para-hydroxylation sites is 1. The molecule has 2 amide bonds. The Bertz CT molecular complexity index is 641. The minimum atomic E-state index is -0.177. The van der Waals surface area contributed by atoms with Gasteiger partial charge in [0.1, 0.15) is 12.2 Å². The molecule has 0 bridgehead atoms. The van der Waals surface area contributed by atoms with Crippen molar-refractivity contribution in [2.45, 2.75) is 6.42 Å². The average Bonchev–Trinajstić information content (AvgIpc) is 2.60. The van der Waals surface area contributed by atoms with E-state index in [2.05, 4.69) is 0 Å². The van der Waals surface area contributed by atoms with Crippen molar-refractivity contribution >= 4 is 17.9 Å². The Hall–Kier alpha value is -2.81. The molecule has 1 aliphatic rings. The molecule has 1 heterocycles. The molecule has 0 aromatic heterocycles. The van der Waals surface area contributed by atoms with Gasteiger partial charge in [0.05, 0.1) is 13.2 Å². The summed E-state index contributed by atoms with van der Waals surface area (Å²) in [6.45, 7) is 1.89. The molecule has 23 heavy (non-hydrogen) atoms. The fourth-order valence-electron chi connectivity index (χ4n) is 2.43. The molecule has 1 aromatic carbocycles. The highest BCUT2D eigenvalue weighted by Gasteiger charge is 2.22. The summed E-state index contributed by atoms with van der Waals surface area (Å²) in [5.74, 6) is 0.441. The van der Waals surface area contributed by atoms with Crippen LogP contribution in [0, 0.1) is 11.3 Å². The van der Waals surface area contributed by atoms with E-state index >= 15 is 0 Å². The molecule has 0 unspecified atom stereocenters. The third-order valence-electron chi connectivity index (χ3n) is 3.72. The third-order valence-corrected chi connectivity index (χ3v) is 3.72. The molecule has 2 rings (SSSR count). The van der Waals surface area contributed by atoms with E-state index in [9.17, 15) is 9.59 Å². The van der Waals surface area contributed by atoms with Gasteiger partial charge in [-0.25, -0.2) is 0 Å². The smallest absolute Gasteiger partial charge is 0.246 e. The predicted octanol–water partition coefficient (Wildman–Crippen LogP) is 1.29. The fraction of sp³-hybridized carbons (Fsp3) is 0.353. The third kappa shape index (κ3) is 4.33. The average molecular weight is 313 g/mol. The number of carbonyl (C=O) groups excluding carboxylic acids is 2. The van der Waals surface area contributed by atoms with Gasteiger partial charge in [-0.2, -0.15) is 5.26 Å². The maximum atomic E-state index is 12.2. The number of hydrogen-bond donors (Lipinski definition) is 0. The number of methoxy groups -OCH3 is 1. The Morgan fingerprint density at radius 2 is 1.87 bits per heavy atom. The fourth-order valence-corrected chi connectivity index (χ4v) is 2.43. The second-order valence-electron chi connectivity index (χ2n) is 5.12. The first-order chi connectivity index (χ1) is 11.2. The summed E-state index contributed by atoms with van der Waals surface area (Å²) in [5, 5.41) is 8.55. The lowest BCUT2D eigenvalue weighted by Crippen LogP contribution is -2.50. The molecular formula is C17H19N3O3. The van der Waals surface area contributed by atoms with E-state index in [1.54, 1.807) is 23.0 Å². The lowest BCUT2D eigenvalue weighted by Gasteiger charge is -2.33. The Balaban J connectivity index is 1.91. The molecule has 0 aliphatic carbocycles. The largest absolute Gasteiger partial charge is 0.496 e. The molecule has 120 valence electrons. The zero-order valence-corrected chi connectivity index (χ0v) is 13.1. The lowest BCUT2D eigenvalue weighted by atomic mass is 10.2. The van der Waals surface area contributed by atoms with Crippen LogP contribution < -0.4 is 4.74 Å². The van der Waals surface area contributed by atoms with Crippen molar-refractivity contribution in [2.24, 2.45) is 0 Å². The molecule has 0 N–H and O–H groups in total. The van der Waals surface area contributed by atoms with Gasteiger partial charge in [-0.1, -0.05) is 18.2 Å². The molecule has 1 fully saturated rings. The van der Waals surface area contributed by atoms with Gasteiger partial charge in [0.15, 0.2) is 0 Å². The zero-order chi connectivity index (χ0) is 16.7. The molecular weight excluding hydrogens is 294 g/mol. The number of benzene rings is 1. The van der Waals surface area contributed by atoms with Crippen LogP contribution in [0.4, 0.5) is 0 Å². The van der Waals surface area contributed by atoms with Gasteiger partial charge in [-0.05, 0) is 12.1 Å². The highest BCUT2D eigenvalue weighted by atomic mass is 16.5. The summed E-state index contributed by atoms with van der Waals surface area (Å²) in [4.78, 5) is 27.2. The van der Waals surface area contributed by atoms with Gasteiger partial charge in [0.2, 0.25) is 11.8 Å². The number of nitriles is 1. The molecule has 1 aliphatic heterocycles. The van der Waals surface area contributed by atoms with Crippen molar-refractivity contribution in [2.75, 3.05) is 33.3 Å². The molecule has 0 spiro atoms. The quantitative estimate of drug-likeness (QED) is 0.785. The van der Waals surface area contributed by atoms with Crippen molar-refractivity contribution in [3.63, 3.8) is 0 Å². The van der Waals surface area contributed by atoms with E-state index in [-0.39, 0.29) is 18.2 Å². The second-order valence-corrected chi connectivity index (χ2v) is 5.12. The van der Waals surface area contributed by atoms with Crippen molar-refractivity contribution in [1.82, 2.24) is 9.80 Å². The molecule has 1 saturated heterocycles. The lowest BCUT2D eigenvalue weighted by molar-refractivity contribution is -0.136. The maximum absolute atomic E-state index is 12.2. The van der Waals surface area contributed by atoms with Crippen LogP contribution in [0.25, 0.3) is 6.08 Å². The summed E-state index contributed by atoms with van der Waals surface area (Å²) in [6, 6.07) is 9.32. The number of hydrogen-bond acceptors (Lipinski definition) is 4. The van der Waals surface area contributed by atoms with Gasteiger partial charge in [0.25, 0.3) is 0 Å². The Morgan fingerprint density at radius 3 is 2.52 bits per heavy atom. The molecule has 0 radical (unpaired) electrons. The SMILES string of the molecule is COc1ccccc1/C=C/C(=O)N1CCN(C(=O)CC#N)CC1. The first kappa shape index (κ1) is 16.6. The van der Waals surface area contributed by atoms with Crippen LogP contribution in [0.5, 0.6) is 5.75 Å². The standard InChI is InChI=1S/C17H19N3O3/c1-23-15-5-3-2-4-14(15)6-7-16(21)19-10-12-20(13-11-19)17(22)8-9-18/h2-7H,8,10-13H2,1H3/b7-6+. The van der Waals surface area contributed by atoms with Crippen LogP contribution in [-0.4, -0.2) is 54.9 Å². The normalized spacial score (nSPS) is 14.6. The maximum Gasteiger partial charge on any atom is 0.246 e. The summed E-state index contributed by atoms with van der Waals surface area (Å²) < 4.78 is 5.24. The minimum absolute atomic E-state index is 0.0942. The van der Waals surface area contributed by atoms with E-state index in [0.29, 0.717) is 31.9 Å². The highest BCUT2D eigenvalue weighted by Crippen LogP contribution is 2.18. The van der Waals surface area contributed by atoms with Crippen molar-refractivity contribution in [3.8, 4) is 11.8 Å². The summed E-state index contributed by atoms with van der Waals surface area (Å²) in [7, 11) is 1.59. The molecule has 6 heteroatoms. The van der Waals surface area contributed by atoms with Gasteiger partial charge < -0.3 is 14.5 Å². The van der Waals surface area contributed by atoms with Gasteiger partial charge >= 0.3 is 0 Å². The van der Waals surface area contributed by atoms with Gasteiger partial charge in [0, 0.05) is 37.8 Å².